The maximum atomic E-state index is 5.32. The van der Waals surface area contributed by atoms with Crippen molar-refractivity contribution in [2.45, 2.75) is 25.2 Å². The Morgan fingerprint density at radius 1 is 1.37 bits per heavy atom. The van der Waals surface area contributed by atoms with Crippen molar-refractivity contribution in [3.63, 3.8) is 0 Å². The van der Waals surface area contributed by atoms with Gasteiger partial charge in [0.15, 0.2) is 0 Å². The molecular formula is C16H26N2O. The summed E-state index contributed by atoms with van der Waals surface area (Å²) in [6.07, 6.45) is 2.61. The van der Waals surface area contributed by atoms with Crippen LogP contribution in [0, 0.1) is 5.92 Å². The Morgan fingerprint density at radius 2 is 2.11 bits per heavy atom. The molecule has 2 aliphatic heterocycles. The minimum absolute atomic E-state index is 0. The topological polar surface area (TPSA) is 24.5 Å². The molecule has 3 rings (SSSR count). The molecule has 1 atom stereocenters. The predicted molar refractivity (Wildman–Crippen MR) is 81.2 cm³/mol. The highest BCUT2D eigenvalue weighted by Gasteiger charge is 2.42. The molecule has 19 heavy (non-hydrogen) atoms. The third-order valence-electron chi connectivity index (χ3n) is 5.11. The van der Waals surface area contributed by atoms with E-state index in [9.17, 15) is 0 Å². The van der Waals surface area contributed by atoms with Crippen molar-refractivity contribution in [1.82, 2.24) is 4.90 Å². The fourth-order valence-corrected chi connectivity index (χ4v) is 3.68. The van der Waals surface area contributed by atoms with E-state index in [-0.39, 0.29) is 6.84 Å². The Kier molecular flexibility index (Phi) is 3.17. The summed E-state index contributed by atoms with van der Waals surface area (Å²) in [5, 5.41) is 3.58. The fourth-order valence-electron chi connectivity index (χ4n) is 3.68. The molecule has 1 unspecified atom stereocenters. The van der Waals surface area contributed by atoms with Crippen molar-refractivity contribution in [3.05, 3.63) is 23.8 Å². The van der Waals surface area contributed by atoms with Gasteiger partial charge in [0.25, 0.3) is 0 Å². The molecule has 2 aliphatic rings. The summed E-state index contributed by atoms with van der Waals surface area (Å²) in [5.74, 6) is 1.73. The second kappa shape index (κ2) is 4.71. The van der Waals surface area contributed by atoms with Crippen molar-refractivity contribution in [2.24, 2.45) is 5.92 Å². The van der Waals surface area contributed by atoms with Crippen LogP contribution in [-0.2, 0) is 5.41 Å². The Hall–Kier alpha value is -1.22. The van der Waals surface area contributed by atoms with Crippen LogP contribution >= 0.6 is 0 Å². The largest absolute Gasteiger partial charge is 0.497 e. The lowest BCUT2D eigenvalue weighted by molar-refractivity contribution is 0.163. The number of rotatable bonds is 2. The highest BCUT2D eigenvalue weighted by molar-refractivity contribution is 5.63. The van der Waals surface area contributed by atoms with Gasteiger partial charge in [-0.25, -0.2) is 0 Å². The first-order valence-corrected chi connectivity index (χ1v) is 7.24. The molecule has 106 valence electrons. The third-order valence-corrected chi connectivity index (χ3v) is 5.11. The molecule has 0 saturated carbocycles. The maximum Gasteiger partial charge on any atom is 0.120 e. The molecule has 1 fully saturated rings. The van der Waals surface area contributed by atoms with E-state index in [0.717, 1.165) is 18.2 Å². The Bertz CT molecular complexity index is 472. The van der Waals surface area contributed by atoms with E-state index in [1.807, 2.05) is 0 Å². The first-order valence-electron chi connectivity index (χ1n) is 7.24. The second-order valence-electron chi connectivity index (χ2n) is 6.26. The van der Waals surface area contributed by atoms with Crippen LogP contribution in [0.2, 0.25) is 0 Å². The van der Waals surface area contributed by atoms with E-state index < -0.39 is 0 Å². The number of anilines is 1. The Morgan fingerprint density at radius 3 is 2.79 bits per heavy atom. The second-order valence-corrected chi connectivity index (χ2v) is 6.26. The van der Waals surface area contributed by atoms with Crippen LogP contribution < -0.4 is 10.1 Å². The summed E-state index contributed by atoms with van der Waals surface area (Å²) < 4.78 is 5.32. The van der Waals surface area contributed by atoms with Gasteiger partial charge in [-0.3, -0.25) is 0 Å². The molecule has 0 aliphatic carbocycles. The Labute approximate surface area is 117 Å². The first-order chi connectivity index (χ1) is 9.13. The monoisotopic (exact) mass is 262 g/mol. The minimum Gasteiger partial charge on any atom is -0.497 e. The highest BCUT2D eigenvalue weighted by atomic mass is 16.5. The van der Waals surface area contributed by atoms with Gasteiger partial charge < -0.3 is 15.0 Å². The quantitative estimate of drug-likeness (QED) is 0.887. The van der Waals surface area contributed by atoms with Crippen LogP contribution in [0.15, 0.2) is 18.2 Å². The molecule has 1 aromatic rings. The van der Waals surface area contributed by atoms with E-state index >= 15 is 0 Å². The molecular weight excluding hydrogens is 236 g/mol. The molecule has 0 spiro atoms. The Balaban J connectivity index is 0.00000147. The standard InChI is InChI=1S/C16H24N2O.H2/c1-16(12-6-8-18(2)9-7-12)11-17-15-10-13(19-3)4-5-14(15)16;/h4-5,10,12,17H,6-9,11H2,1-3H3;1H. The fraction of sp³-hybridized carbons (Fsp3) is 0.625. The van der Waals surface area contributed by atoms with E-state index in [2.05, 4.69) is 42.4 Å². The smallest absolute Gasteiger partial charge is 0.120 e. The number of hydrogen-bond donors (Lipinski definition) is 1. The lowest BCUT2D eigenvalue weighted by Crippen LogP contribution is -2.41. The minimum atomic E-state index is 0. The van der Waals surface area contributed by atoms with Crippen molar-refractivity contribution >= 4 is 5.69 Å². The molecule has 0 amide bonds. The van der Waals surface area contributed by atoms with Gasteiger partial charge in [-0.15, -0.1) is 0 Å². The number of hydrogen-bond acceptors (Lipinski definition) is 3. The summed E-state index contributed by atoms with van der Waals surface area (Å²) in [6.45, 7) is 5.94. The van der Waals surface area contributed by atoms with E-state index in [1.54, 1.807) is 7.11 Å². The third kappa shape index (κ3) is 2.10. The molecule has 1 aromatic carbocycles. The summed E-state index contributed by atoms with van der Waals surface area (Å²) in [4.78, 5) is 2.44. The number of piperidine rings is 1. The van der Waals surface area contributed by atoms with Gasteiger partial charge in [-0.2, -0.15) is 0 Å². The summed E-state index contributed by atoms with van der Waals surface area (Å²) >= 11 is 0. The van der Waals surface area contributed by atoms with Crippen LogP contribution in [0.4, 0.5) is 5.69 Å². The van der Waals surface area contributed by atoms with Gasteiger partial charge in [0, 0.05) is 25.1 Å². The van der Waals surface area contributed by atoms with Gasteiger partial charge in [-0.05, 0) is 50.5 Å². The number of ether oxygens (including phenoxy) is 1. The van der Waals surface area contributed by atoms with Gasteiger partial charge in [0.2, 0.25) is 0 Å². The van der Waals surface area contributed by atoms with Gasteiger partial charge >= 0.3 is 0 Å². The highest BCUT2D eigenvalue weighted by Crippen LogP contribution is 2.46. The van der Waals surface area contributed by atoms with Crippen molar-refractivity contribution in [1.29, 1.82) is 0 Å². The average molecular weight is 262 g/mol. The van der Waals surface area contributed by atoms with Crippen LogP contribution in [-0.4, -0.2) is 38.7 Å². The molecule has 0 bridgehead atoms. The normalized spacial score (nSPS) is 27.9. The molecule has 2 heterocycles. The number of methoxy groups -OCH3 is 1. The van der Waals surface area contributed by atoms with Gasteiger partial charge in [0.05, 0.1) is 7.11 Å². The molecule has 0 aromatic heterocycles. The van der Waals surface area contributed by atoms with E-state index in [1.165, 1.54) is 37.2 Å². The van der Waals surface area contributed by atoms with Crippen molar-refractivity contribution in [2.75, 3.05) is 39.1 Å². The van der Waals surface area contributed by atoms with Crippen molar-refractivity contribution in [3.8, 4) is 5.75 Å². The molecule has 3 heteroatoms. The molecule has 1 saturated heterocycles. The van der Waals surface area contributed by atoms with Gasteiger partial charge in [0.1, 0.15) is 5.75 Å². The number of benzene rings is 1. The van der Waals surface area contributed by atoms with Gasteiger partial charge in [-0.1, -0.05) is 13.0 Å². The number of fused-ring (bicyclic) bond motifs is 1. The lowest BCUT2D eigenvalue weighted by atomic mass is 9.69. The van der Waals surface area contributed by atoms with Crippen molar-refractivity contribution < 1.29 is 6.16 Å². The maximum absolute atomic E-state index is 5.32. The zero-order chi connectivity index (χ0) is 13.5. The van der Waals surface area contributed by atoms with Crippen LogP contribution in [0.1, 0.15) is 26.8 Å². The number of nitrogens with one attached hydrogen (secondary N) is 1. The molecule has 1 N–H and O–H groups in total. The summed E-state index contributed by atoms with van der Waals surface area (Å²) in [5.41, 5.74) is 3.02. The summed E-state index contributed by atoms with van der Waals surface area (Å²) in [6, 6.07) is 6.49. The first kappa shape index (κ1) is 12.8. The van der Waals surface area contributed by atoms with Crippen LogP contribution in [0.25, 0.3) is 0 Å². The van der Waals surface area contributed by atoms with E-state index in [0.29, 0.717) is 0 Å². The van der Waals surface area contributed by atoms with E-state index in [4.69, 9.17) is 4.74 Å². The SMILES string of the molecule is COc1ccc2c(c1)NCC2(C)C1CCN(C)CC1.[HH]. The average Bonchev–Trinajstić information content (AvgIpc) is 2.78. The lowest BCUT2D eigenvalue weighted by Gasteiger charge is -2.39. The zero-order valence-electron chi connectivity index (χ0n) is 12.2. The molecule has 3 nitrogen and oxygen atoms in total. The van der Waals surface area contributed by atoms with Crippen LogP contribution in [0.3, 0.4) is 0 Å². The summed E-state index contributed by atoms with van der Waals surface area (Å²) in [7, 11) is 3.96. The predicted octanol–water partition coefficient (Wildman–Crippen LogP) is 2.97. The molecule has 0 radical (unpaired) electrons. The zero-order valence-corrected chi connectivity index (χ0v) is 12.2. The number of nitrogens with zero attached hydrogens (tertiary/aromatic N) is 1. The number of likely N-dealkylation sites (tertiary alicyclic amines) is 1. The van der Waals surface area contributed by atoms with Crippen LogP contribution in [0.5, 0.6) is 5.75 Å².